The van der Waals surface area contributed by atoms with E-state index in [1.807, 2.05) is 23.6 Å². The van der Waals surface area contributed by atoms with Crippen LogP contribution in [0.1, 0.15) is 6.42 Å². The van der Waals surface area contributed by atoms with E-state index in [9.17, 15) is 18.0 Å². The van der Waals surface area contributed by atoms with Crippen LogP contribution in [0.2, 0.25) is 0 Å². The number of thiophene rings is 1. The highest BCUT2D eigenvalue weighted by Gasteiger charge is 2.28. The van der Waals surface area contributed by atoms with E-state index in [1.54, 1.807) is 28.4 Å². The number of carboxylic acids is 2. The maximum atomic E-state index is 10.5. The Kier molecular flexibility index (Phi) is 6.64. The Bertz CT molecular complexity index is 642. The first-order valence-electron chi connectivity index (χ1n) is 6.09. The molecule has 124 valence electrons. The normalized spacial score (nSPS) is 10.6. The summed E-state index contributed by atoms with van der Waals surface area (Å²) >= 11 is 1.66. The van der Waals surface area contributed by atoms with Crippen LogP contribution in [-0.2, 0) is 16.1 Å². The second-order valence-corrected chi connectivity index (χ2v) is 5.03. The maximum Gasteiger partial charge on any atom is 0.430 e. The fraction of sp³-hybridized carbons (Fsp3) is 0.231. The molecule has 0 fully saturated rings. The molecule has 10 heteroatoms. The van der Waals surface area contributed by atoms with Crippen LogP contribution in [0.25, 0.3) is 10.4 Å². The highest BCUT2D eigenvalue weighted by Crippen LogP contribution is 2.22. The Labute approximate surface area is 132 Å². The average Bonchev–Trinajstić information content (AvgIpc) is 2.99. The number of nitrogens with zero attached hydrogens (tertiary/aromatic N) is 2. The molecule has 0 aromatic carbocycles. The van der Waals surface area contributed by atoms with Gasteiger partial charge in [0.05, 0.1) is 0 Å². The van der Waals surface area contributed by atoms with Crippen LogP contribution < -0.4 is 9.79 Å². The summed E-state index contributed by atoms with van der Waals surface area (Å²) in [7, 11) is 0. The van der Waals surface area contributed by atoms with Crippen LogP contribution in [0.15, 0.2) is 36.0 Å². The summed E-state index contributed by atoms with van der Waals surface area (Å²) in [5.41, 5.74) is 1.06. The van der Waals surface area contributed by atoms with Gasteiger partial charge in [0.1, 0.15) is 18.6 Å². The molecule has 0 aliphatic heterocycles. The van der Waals surface area contributed by atoms with Crippen molar-refractivity contribution < 1.29 is 37.7 Å². The molecule has 23 heavy (non-hydrogen) atoms. The number of carbonyl (C=O) groups excluding carboxylic acids is 1. The minimum atomic E-state index is -5.19. The summed E-state index contributed by atoms with van der Waals surface area (Å²) in [6.07, 6.45) is -1.54. The second kappa shape index (κ2) is 8.22. The van der Waals surface area contributed by atoms with E-state index in [0.29, 0.717) is 6.54 Å². The molecule has 0 saturated heterocycles. The molecule has 0 amide bonds. The number of aromatic nitrogens is 2. The van der Waals surface area contributed by atoms with Crippen LogP contribution in [0.5, 0.6) is 0 Å². The van der Waals surface area contributed by atoms with Gasteiger partial charge in [0.25, 0.3) is 0 Å². The van der Waals surface area contributed by atoms with Crippen LogP contribution in [0, 0.1) is 0 Å². The lowest BCUT2D eigenvalue weighted by atomic mass is 10.2. The quantitative estimate of drug-likeness (QED) is 0.828. The molecule has 0 aliphatic rings. The zero-order valence-corrected chi connectivity index (χ0v) is 12.3. The molecule has 2 aromatic heterocycles. The fourth-order valence-electron chi connectivity index (χ4n) is 1.32. The number of alkyl halides is 3. The predicted octanol–water partition coefficient (Wildman–Crippen LogP) is 0.871. The number of hydrogen-bond acceptors (Lipinski definition) is 5. The zero-order valence-electron chi connectivity index (χ0n) is 11.5. The molecule has 0 atom stereocenters. The first-order chi connectivity index (χ1) is 10.7. The molecule has 2 heterocycles. The smallest absolute Gasteiger partial charge is 0.430 e. The van der Waals surface area contributed by atoms with E-state index in [1.165, 1.54) is 0 Å². The molecule has 0 spiro atoms. The van der Waals surface area contributed by atoms with Crippen LogP contribution in [0.4, 0.5) is 13.2 Å². The molecule has 0 unspecified atom stereocenters. The summed E-state index contributed by atoms with van der Waals surface area (Å²) in [6.45, 7) is 0.403. The molecule has 0 aliphatic carbocycles. The van der Waals surface area contributed by atoms with Gasteiger partial charge in [-0.2, -0.15) is 13.2 Å². The first kappa shape index (κ1) is 18.6. The first-order valence-corrected chi connectivity index (χ1v) is 6.97. The lowest BCUT2D eigenvalue weighted by Gasteiger charge is -2.03. The number of carboxylic acid groups (broad SMARTS) is 2. The van der Waals surface area contributed by atoms with Crippen molar-refractivity contribution in [3.63, 3.8) is 0 Å². The Morgan fingerprint density at radius 3 is 2.39 bits per heavy atom. The molecular formula is C13H11F3N2O4S. The van der Waals surface area contributed by atoms with E-state index in [4.69, 9.17) is 15.0 Å². The van der Waals surface area contributed by atoms with Gasteiger partial charge < -0.3 is 15.0 Å². The van der Waals surface area contributed by atoms with Crippen molar-refractivity contribution in [1.29, 1.82) is 0 Å². The third kappa shape index (κ3) is 6.87. The number of aliphatic carboxylic acids is 2. The predicted molar refractivity (Wildman–Crippen MR) is 71.1 cm³/mol. The highest BCUT2D eigenvalue weighted by molar-refractivity contribution is 7.13. The van der Waals surface area contributed by atoms with Crippen molar-refractivity contribution in [1.82, 2.24) is 5.10 Å². The molecule has 0 bridgehead atoms. The third-order valence-corrected chi connectivity index (χ3v) is 3.28. The molecule has 0 saturated carbocycles. The summed E-state index contributed by atoms with van der Waals surface area (Å²) in [5, 5.41) is 23.5. The lowest BCUT2D eigenvalue weighted by Crippen LogP contribution is -2.38. The van der Waals surface area contributed by atoms with E-state index in [-0.39, 0.29) is 6.42 Å². The number of hydrogen-bond donors (Lipinski definition) is 1. The maximum absolute atomic E-state index is 10.5. The number of halogens is 3. The van der Waals surface area contributed by atoms with Crippen molar-refractivity contribution >= 4 is 23.3 Å². The number of aryl methyl sites for hydroxylation is 1. The van der Waals surface area contributed by atoms with Gasteiger partial charge in [-0.05, 0) is 16.5 Å². The largest absolute Gasteiger partial charge is 0.542 e. The van der Waals surface area contributed by atoms with Crippen molar-refractivity contribution in [2.75, 3.05) is 0 Å². The van der Waals surface area contributed by atoms with Gasteiger partial charge in [0.15, 0.2) is 12.7 Å². The van der Waals surface area contributed by atoms with Gasteiger partial charge in [-0.3, -0.25) is 4.79 Å². The Balaban J connectivity index is 0.000000322. The highest BCUT2D eigenvalue weighted by atomic mass is 32.1. The van der Waals surface area contributed by atoms with Crippen molar-refractivity contribution in [2.24, 2.45) is 0 Å². The number of carbonyl (C=O) groups is 2. The zero-order chi connectivity index (χ0) is 17.5. The molecular weight excluding hydrogens is 337 g/mol. The SMILES string of the molecule is O=C(O)CC[n+]1ccc(-c2cccs2)cn1.O=C([O-])C(F)(F)F. The summed E-state index contributed by atoms with van der Waals surface area (Å²) < 4.78 is 33.2. The van der Waals surface area contributed by atoms with Crippen LogP contribution in [-0.4, -0.2) is 28.3 Å². The molecule has 1 N–H and O–H groups in total. The van der Waals surface area contributed by atoms with Gasteiger partial charge in [-0.15, -0.1) is 11.3 Å². The fourth-order valence-corrected chi connectivity index (χ4v) is 2.03. The van der Waals surface area contributed by atoms with Crippen LogP contribution >= 0.6 is 11.3 Å². The second-order valence-electron chi connectivity index (χ2n) is 4.08. The minimum absolute atomic E-state index is 0.0933. The van der Waals surface area contributed by atoms with Gasteiger partial charge in [0, 0.05) is 16.5 Å². The summed E-state index contributed by atoms with van der Waals surface area (Å²) in [4.78, 5) is 20.3. The van der Waals surface area contributed by atoms with Crippen LogP contribution in [0.3, 0.4) is 0 Å². The average molecular weight is 348 g/mol. The van der Waals surface area contributed by atoms with Gasteiger partial charge in [0.2, 0.25) is 0 Å². The lowest BCUT2D eigenvalue weighted by molar-refractivity contribution is -0.752. The summed E-state index contributed by atoms with van der Waals surface area (Å²) in [5.74, 6) is -3.82. The summed E-state index contributed by atoms with van der Waals surface area (Å²) in [6, 6.07) is 5.97. The van der Waals surface area contributed by atoms with Crippen molar-refractivity contribution in [3.8, 4) is 10.4 Å². The van der Waals surface area contributed by atoms with E-state index >= 15 is 0 Å². The number of rotatable bonds is 4. The Hall–Kier alpha value is -2.49. The van der Waals surface area contributed by atoms with E-state index in [0.717, 1.165) is 10.4 Å². The van der Waals surface area contributed by atoms with E-state index < -0.39 is 18.1 Å². The molecule has 0 radical (unpaired) electrons. The van der Waals surface area contributed by atoms with Gasteiger partial charge >= 0.3 is 12.1 Å². The van der Waals surface area contributed by atoms with Crippen molar-refractivity contribution in [2.45, 2.75) is 19.1 Å². The standard InChI is InChI=1S/C11H10N2O2S.C2HF3O2/c14-11(15)4-6-13-5-3-9(8-12-13)10-2-1-7-16-10;3-2(4,5)1(6)7/h1-3,5,7-8H,4,6H2;(H,6,7). The third-order valence-electron chi connectivity index (χ3n) is 2.36. The Morgan fingerprint density at radius 1 is 1.35 bits per heavy atom. The monoisotopic (exact) mass is 348 g/mol. The van der Waals surface area contributed by atoms with Gasteiger partial charge in [-0.25, -0.2) is 0 Å². The van der Waals surface area contributed by atoms with E-state index in [2.05, 4.69) is 5.10 Å². The van der Waals surface area contributed by atoms with Crippen molar-refractivity contribution in [3.05, 3.63) is 36.0 Å². The molecule has 2 rings (SSSR count). The molecule has 6 nitrogen and oxygen atoms in total. The van der Waals surface area contributed by atoms with Gasteiger partial charge in [-0.1, -0.05) is 10.7 Å². The molecule has 2 aromatic rings. The Morgan fingerprint density at radius 2 is 2.00 bits per heavy atom. The minimum Gasteiger partial charge on any atom is -0.542 e. The topological polar surface area (TPSA) is 94.2 Å².